The van der Waals surface area contributed by atoms with Gasteiger partial charge < -0.3 is 15.1 Å². The standard InChI is InChI=1S/C11H18N2O2/c1-8-9(4-6-14)7-13-5-2-3-10(15)11(13)12-8/h10,14-15H,2-7H2,1H3. The Morgan fingerprint density at radius 3 is 3.07 bits per heavy atom. The first-order valence-corrected chi connectivity index (χ1v) is 5.53. The molecule has 0 aromatic heterocycles. The van der Waals surface area contributed by atoms with Crippen molar-refractivity contribution in [2.45, 2.75) is 32.3 Å². The van der Waals surface area contributed by atoms with Gasteiger partial charge in [-0.15, -0.1) is 0 Å². The number of aliphatic hydroxyl groups is 2. The number of fused-ring (bicyclic) bond motifs is 1. The summed E-state index contributed by atoms with van der Waals surface area (Å²) in [5.74, 6) is 0.820. The van der Waals surface area contributed by atoms with Crippen LogP contribution < -0.4 is 0 Å². The van der Waals surface area contributed by atoms with Gasteiger partial charge in [0.25, 0.3) is 0 Å². The molecule has 1 saturated heterocycles. The van der Waals surface area contributed by atoms with Gasteiger partial charge in [-0.1, -0.05) is 0 Å². The monoisotopic (exact) mass is 210 g/mol. The van der Waals surface area contributed by atoms with E-state index in [-0.39, 0.29) is 6.61 Å². The zero-order valence-corrected chi connectivity index (χ0v) is 9.11. The molecule has 0 spiro atoms. The molecule has 0 aromatic rings. The van der Waals surface area contributed by atoms with Gasteiger partial charge in [0.2, 0.25) is 0 Å². The van der Waals surface area contributed by atoms with E-state index in [0.717, 1.165) is 37.5 Å². The summed E-state index contributed by atoms with van der Waals surface area (Å²) in [6.45, 7) is 3.92. The van der Waals surface area contributed by atoms with Crippen LogP contribution in [0.4, 0.5) is 0 Å². The van der Waals surface area contributed by atoms with Crippen LogP contribution in [0.25, 0.3) is 0 Å². The number of rotatable bonds is 2. The summed E-state index contributed by atoms with van der Waals surface area (Å²) < 4.78 is 0. The predicted molar refractivity (Wildman–Crippen MR) is 58.7 cm³/mol. The maximum absolute atomic E-state index is 9.79. The highest BCUT2D eigenvalue weighted by Crippen LogP contribution is 2.23. The molecule has 1 fully saturated rings. The SMILES string of the molecule is CC1=C(CCO)CN2CCCC(O)C2=N1. The van der Waals surface area contributed by atoms with Gasteiger partial charge in [0.15, 0.2) is 0 Å². The van der Waals surface area contributed by atoms with E-state index in [1.54, 1.807) is 0 Å². The predicted octanol–water partition coefficient (Wildman–Crippen LogP) is 0.512. The van der Waals surface area contributed by atoms with E-state index in [4.69, 9.17) is 5.11 Å². The molecule has 0 saturated carbocycles. The second-order valence-corrected chi connectivity index (χ2v) is 4.21. The van der Waals surface area contributed by atoms with Crippen molar-refractivity contribution in [2.24, 2.45) is 4.99 Å². The fourth-order valence-electron chi connectivity index (χ4n) is 2.23. The van der Waals surface area contributed by atoms with E-state index in [0.29, 0.717) is 6.42 Å². The molecule has 1 atom stereocenters. The third-order valence-corrected chi connectivity index (χ3v) is 3.12. The van der Waals surface area contributed by atoms with Crippen LogP contribution in [0.1, 0.15) is 26.2 Å². The number of aliphatic imine (C=N–C) groups is 1. The van der Waals surface area contributed by atoms with Gasteiger partial charge in [-0.25, -0.2) is 4.99 Å². The van der Waals surface area contributed by atoms with Crippen LogP contribution in [0.3, 0.4) is 0 Å². The number of hydrogen-bond acceptors (Lipinski definition) is 4. The third kappa shape index (κ3) is 2.06. The Bertz CT molecular complexity index is 310. The lowest BCUT2D eigenvalue weighted by molar-refractivity contribution is 0.179. The molecule has 4 heteroatoms. The van der Waals surface area contributed by atoms with Crippen molar-refractivity contribution in [3.8, 4) is 0 Å². The lowest BCUT2D eigenvalue weighted by Crippen LogP contribution is -2.46. The van der Waals surface area contributed by atoms with Crippen molar-refractivity contribution in [2.75, 3.05) is 19.7 Å². The molecule has 4 nitrogen and oxygen atoms in total. The summed E-state index contributed by atoms with van der Waals surface area (Å²) in [5.41, 5.74) is 2.16. The summed E-state index contributed by atoms with van der Waals surface area (Å²) in [7, 11) is 0. The van der Waals surface area contributed by atoms with Gasteiger partial charge >= 0.3 is 0 Å². The van der Waals surface area contributed by atoms with Crippen molar-refractivity contribution in [3.63, 3.8) is 0 Å². The average Bonchev–Trinajstić information content (AvgIpc) is 2.21. The lowest BCUT2D eigenvalue weighted by atomic mass is 10.0. The van der Waals surface area contributed by atoms with Crippen LogP contribution >= 0.6 is 0 Å². The molecule has 0 amide bonds. The number of allylic oxidation sites excluding steroid dienone is 1. The van der Waals surface area contributed by atoms with Crippen LogP contribution in [0.5, 0.6) is 0 Å². The van der Waals surface area contributed by atoms with Gasteiger partial charge in [0.05, 0.1) is 0 Å². The second kappa shape index (κ2) is 4.33. The van der Waals surface area contributed by atoms with Crippen molar-refractivity contribution in [3.05, 3.63) is 11.3 Å². The molecule has 2 rings (SSSR count). The smallest absolute Gasteiger partial charge is 0.134 e. The summed E-state index contributed by atoms with van der Waals surface area (Å²) in [6, 6.07) is 0. The number of aliphatic hydroxyl groups excluding tert-OH is 2. The number of hydrogen-bond donors (Lipinski definition) is 2. The quantitative estimate of drug-likeness (QED) is 0.698. The zero-order valence-electron chi connectivity index (χ0n) is 9.11. The highest BCUT2D eigenvalue weighted by atomic mass is 16.3. The molecule has 0 bridgehead atoms. The van der Waals surface area contributed by atoms with Gasteiger partial charge in [-0.05, 0) is 31.8 Å². The van der Waals surface area contributed by atoms with Crippen molar-refractivity contribution in [1.82, 2.24) is 4.90 Å². The molecule has 15 heavy (non-hydrogen) atoms. The Labute approximate surface area is 89.9 Å². The Balaban J connectivity index is 2.21. The first-order chi connectivity index (χ1) is 7.22. The number of nitrogens with zero attached hydrogens (tertiary/aromatic N) is 2. The molecule has 0 radical (unpaired) electrons. The van der Waals surface area contributed by atoms with Gasteiger partial charge in [-0.3, -0.25) is 0 Å². The maximum Gasteiger partial charge on any atom is 0.134 e. The number of piperidine rings is 1. The lowest BCUT2D eigenvalue weighted by Gasteiger charge is -2.37. The van der Waals surface area contributed by atoms with Crippen LogP contribution in [0.15, 0.2) is 16.3 Å². The first-order valence-electron chi connectivity index (χ1n) is 5.53. The minimum absolute atomic E-state index is 0.175. The van der Waals surface area contributed by atoms with Crippen molar-refractivity contribution in [1.29, 1.82) is 0 Å². The molecule has 0 aromatic carbocycles. The topological polar surface area (TPSA) is 56.1 Å². The van der Waals surface area contributed by atoms with Crippen LogP contribution in [0.2, 0.25) is 0 Å². The van der Waals surface area contributed by atoms with Gasteiger partial charge in [-0.2, -0.15) is 0 Å². The Kier molecular flexibility index (Phi) is 3.07. The zero-order chi connectivity index (χ0) is 10.8. The molecule has 2 aliphatic rings. The van der Waals surface area contributed by atoms with Crippen molar-refractivity contribution < 1.29 is 10.2 Å². The van der Waals surface area contributed by atoms with Gasteiger partial charge in [0.1, 0.15) is 11.9 Å². The minimum atomic E-state index is -0.399. The van der Waals surface area contributed by atoms with Crippen LogP contribution in [-0.2, 0) is 0 Å². The van der Waals surface area contributed by atoms with Crippen LogP contribution in [0, 0.1) is 0 Å². The highest BCUT2D eigenvalue weighted by molar-refractivity contribution is 5.89. The molecular formula is C11H18N2O2. The van der Waals surface area contributed by atoms with Gasteiger partial charge in [0, 0.05) is 25.4 Å². The first kappa shape index (κ1) is 10.6. The molecule has 84 valence electrons. The maximum atomic E-state index is 9.79. The molecule has 0 aliphatic carbocycles. The molecule has 2 heterocycles. The molecular weight excluding hydrogens is 192 g/mol. The van der Waals surface area contributed by atoms with Crippen LogP contribution in [-0.4, -0.2) is 46.7 Å². The fourth-order valence-corrected chi connectivity index (χ4v) is 2.23. The Hall–Kier alpha value is -0.870. The molecule has 2 aliphatic heterocycles. The molecule has 1 unspecified atom stereocenters. The largest absolute Gasteiger partial charge is 0.396 e. The normalized spacial score (nSPS) is 26.5. The van der Waals surface area contributed by atoms with E-state index in [2.05, 4.69) is 9.89 Å². The van der Waals surface area contributed by atoms with E-state index in [9.17, 15) is 5.11 Å². The number of amidine groups is 1. The Morgan fingerprint density at radius 1 is 1.53 bits per heavy atom. The van der Waals surface area contributed by atoms with E-state index < -0.39 is 6.10 Å². The van der Waals surface area contributed by atoms with Crippen molar-refractivity contribution >= 4 is 5.84 Å². The summed E-state index contributed by atoms with van der Waals surface area (Å²) in [6.07, 6.45) is 2.13. The van der Waals surface area contributed by atoms with E-state index in [1.807, 2.05) is 6.92 Å². The summed E-state index contributed by atoms with van der Waals surface area (Å²) >= 11 is 0. The van der Waals surface area contributed by atoms with E-state index in [1.165, 1.54) is 5.57 Å². The summed E-state index contributed by atoms with van der Waals surface area (Å²) in [4.78, 5) is 6.58. The third-order valence-electron chi connectivity index (χ3n) is 3.12. The average molecular weight is 210 g/mol. The second-order valence-electron chi connectivity index (χ2n) is 4.21. The summed E-state index contributed by atoms with van der Waals surface area (Å²) in [5, 5.41) is 18.7. The minimum Gasteiger partial charge on any atom is -0.396 e. The Morgan fingerprint density at radius 2 is 2.33 bits per heavy atom. The highest BCUT2D eigenvalue weighted by Gasteiger charge is 2.28. The fraction of sp³-hybridized carbons (Fsp3) is 0.727. The molecule has 2 N–H and O–H groups in total. The van der Waals surface area contributed by atoms with E-state index >= 15 is 0 Å².